The van der Waals surface area contributed by atoms with Gasteiger partial charge in [0.05, 0.1) is 0 Å². The first kappa shape index (κ1) is 22.5. The van der Waals surface area contributed by atoms with Gasteiger partial charge in [-0.25, -0.2) is 0 Å². The molecule has 0 bridgehead atoms. The van der Waals surface area contributed by atoms with E-state index in [4.69, 9.17) is 0 Å². The van der Waals surface area contributed by atoms with E-state index >= 15 is 0 Å². The van der Waals surface area contributed by atoms with Gasteiger partial charge in [-0.1, -0.05) is 135 Å². The van der Waals surface area contributed by atoms with Crippen LogP contribution >= 0.6 is 15.8 Å². The second kappa shape index (κ2) is 10.8. The summed E-state index contributed by atoms with van der Waals surface area (Å²) in [5.74, 6) is 0.739. The first-order valence-electron chi connectivity index (χ1n) is 12.1. The van der Waals surface area contributed by atoms with Crippen LogP contribution in [-0.2, 0) is 0 Å². The Labute approximate surface area is 201 Å². The van der Waals surface area contributed by atoms with Crippen LogP contribution in [0.2, 0.25) is 0 Å². The average Bonchev–Trinajstić information content (AvgIpc) is 3.36. The summed E-state index contributed by atoms with van der Waals surface area (Å²) in [6.07, 6.45) is 4.05. The number of hydrogen-bond donors (Lipinski definition) is 0. The molecule has 0 unspecified atom stereocenters. The van der Waals surface area contributed by atoms with Gasteiger partial charge in [0.1, 0.15) is 0 Å². The molecule has 2 heteroatoms. The molecule has 0 aromatic heterocycles. The van der Waals surface area contributed by atoms with Crippen LogP contribution in [-0.4, -0.2) is 11.3 Å². The zero-order valence-corrected chi connectivity index (χ0v) is 21.1. The number of benzene rings is 4. The molecular weight excluding hydrogens is 434 g/mol. The predicted octanol–water partition coefficient (Wildman–Crippen LogP) is 6.81. The normalized spacial score (nSPS) is 19.1. The smallest absolute Gasteiger partial charge is 0.00943 e. The molecule has 1 saturated carbocycles. The maximum absolute atomic E-state index is 2.55. The highest BCUT2D eigenvalue weighted by Gasteiger charge is 2.40. The van der Waals surface area contributed by atoms with Crippen LogP contribution < -0.4 is 21.2 Å². The predicted molar refractivity (Wildman–Crippen MR) is 149 cm³/mol. The lowest BCUT2D eigenvalue weighted by molar-refractivity contribution is 0.548. The highest BCUT2D eigenvalue weighted by molar-refractivity contribution is 7.74. The topological polar surface area (TPSA) is 0 Å². The molecule has 3 atom stereocenters. The molecular formula is C31H32P2. The summed E-state index contributed by atoms with van der Waals surface area (Å²) < 4.78 is 0. The van der Waals surface area contributed by atoms with Crippen LogP contribution in [0.4, 0.5) is 0 Å². The van der Waals surface area contributed by atoms with Crippen LogP contribution in [0, 0.1) is 5.92 Å². The van der Waals surface area contributed by atoms with E-state index < -0.39 is 7.92 Å². The van der Waals surface area contributed by atoms with Crippen LogP contribution in [0.15, 0.2) is 121 Å². The van der Waals surface area contributed by atoms with Crippen molar-refractivity contribution in [2.75, 3.05) is 0 Å². The minimum Gasteiger partial charge on any atom is -0.0622 e. The van der Waals surface area contributed by atoms with Crippen LogP contribution in [0.5, 0.6) is 0 Å². The van der Waals surface area contributed by atoms with Crippen molar-refractivity contribution in [2.45, 2.75) is 37.5 Å². The molecule has 0 saturated heterocycles. The lowest BCUT2D eigenvalue weighted by Crippen LogP contribution is -2.33. The van der Waals surface area contributed by atoms with E-state index in [1.54, 1.807) is 0 Å². The molecule has 166 valence electrons. The zero-order chi connectivity index (χ0) is 22.5. The summed E-state index contributed by atoms with van der Waals surface area (Å²) >= 11 is 0. The Bertz CT molecular complexity index is 1030. The molecule has 0 spiro atoms. The van der Waals surface area contributed by atoms with Gasteiger partial charge in [0, 0.05) is 0 Å². The van der Waals surface area contributed by atoms with E-state index in [0.29, 0.717) is 5.66 Å². The van der Waals surface area contributed by atoms with Gasteiger partial charge >= 0.3 is 0 Å². The van der Waals surface area contributed by atoms with Crippen molar-refractivity contribution in [1.29, 1.82) is 0 Å². The summed E-state index contributed by atoms with van der Waals surface area (Å²) in [5, 5.41) is 6.10. The molecule has 4 aromatic carbocycles. The van der Waals surface area contributed by atoms with Crippen molar-refractivity contribution < 1.29 is 0 Å². The van der Waals surface area contributed by atoms with Gasteiger partial charge in [0.25, 0.3) is 0 Å². The third-order valence-corrected chi connectivity index (χ3v) is 12.9. The fraction of sp³-hybridized carbons (Fsp3) is 0.226. The van der Waals surface area contributed by atoms with E-state index in [2.05, 4.69) is 128 Å². The SMILES string of the molecule is C[C@@H]([C@H]1CCC[C@H]1P(c1ccccc1)c1ccccc1)P(c1ccccc1)c1ccccc1. The molecule has 0 amide bonds. The van der Waals surface area contributed by atoms with E-state index in [1.165, 1.54) is 40.5 Å². The minimum absolute atomic E-state index is 0.376. The Morgan fingerprint density at radius 1 is 0.545 bits per heavy atom. The van der Waals surface area contributed by atoms with Gasteiger partial charge in [-0.2, -0.15) is 0 Å². The monoisotopic (exact) mass is 466 g/mol. The first-order valence-corrected chi connectivity index (χ1v) is 14.9. The van der Waals surface area contributed by atoms with Gasteiger partial charge < -0.3 is 0 Å². The summed E-state index contributed by atoms with van der Waals surface area (Å²) in [5.41, 5.74) is 1.38. The summed E-state index contributed by atoms with van der Waals surface area (Å²) in [4.78, 5) is 0. The standard InChI is InChI=1S/C31H32P2/c1-25(32(26-15-6-2-7-16-26)27-17-8-3-9-18-27)30-23-14-24-31(30)33(28-19-10-4-11-20-28)29-21-12-5-13-22-29/h2-13,15-22,25,30-31H,14,23-24H2,1H3/t25-,30+,31+/m0/s1. The highest BCUT2D eigenvalue weighted by atomic mass is 31.1. The van der Waals surface area contributed by atoms with Crippen LogP contribution in [0.25, 0.3) is 0 Å². The van der Waals surface area contributed by atoms with E-state index in [0.717, 1.165) is 11.6 Å². The lowest BCUT2D eigenvalue weighted by Gasteiger charge is -2.37. The molecule has 0 aliphatic heterocycles. The molecule has 5 rings (SSSR count). The molecule has 1 aliphatic carbocycles. The Morgan fingerprint density at radius 2 is 0.939 bits per heavy atom. The summed E-state index contributed by atoms with van der Waals surface area (Å²) in [6, 6.07) is 45.3. The zero-order valence-electron chi connectivity index (χ0n) is 19.3. The molecule has 0 heterocycles. The van der Waals surface area contributed by atoms with Gasteiger partial charge in [0.15, 0.2) is 0 Å². The van der Waals surface area contributed by atoms with Gasteiger partial charge in [-0.05, 0) is 67.1 Å². The largest absolute Gasteiger partial charge is 0.0622 e. The first-order chi connectivity index (χ1) is 16.3. The Kier molecular flexibility index (Phi) is 7.36. The Balaban J connectivity index is 1.54. The van der Waals surface area contributed by atoms with Crippen molar-refractivity contribution >= 4 is 37.1 Å². The molecule has 0 N–H and O–H groups in total. The lowest BCUT2D eigenvalue weighted by atomic mass is 10.0. The molecule has 1 fully saturated rings. The third kappa shape index (κ3) is 4.99. The molecule has 1 aliphatic rings. The molecule has 0 nitrogen and oxygen atoms in total. The fourth-order valence-electron chi connectivity index (χ4n) is 5.55. The number of rotatable bonds is 7. The maximum Gasteiger partial charge on any atom is -0.00943 e. The van der Waals surface area contributed by atoms with Crippen molar-refractivity contribution in [2.24, 2.45) is 5.92 Å². The Hall–Kier alpha value is -2.26. The van der Waals surface area contributed by atoms with E-state index in [1.807, 2.05) is 0 Å². The fourth-order valence-corrected chi connectivity index (χ4v) is 11.9. The van der Waals surface area contributed by atoms with Crippen LogP contribution in [0.1, 0.15) is 26.2 Å². The van der Waals surface area contributed by atoms with Crippen molar-refractivity contribution in [1.82, 2.24) is 0 Å². The van der Waals surface area contributed by atoms with Crippen molar-refractivity contribution in [3.05, 3.63) is 121 Å². The van der Waals surface area contributed by atoms with Gasteiger partial charge in [0.2, 0.25) is 0 Å². The maximum atomic E-state index is 2.55. The summed E-state index contributed by atoms with van der Waals surface area (Å²) in [7, 11) is -0.778. The highest BCUT2D eigenvalue weighted by Crippen LogP contribution is 2.56. The minimum atomic E-state index is -0.402. The van der Waals surface area contributed by atoms with Crippen molar-refractivity contribution in [3.8, 4) is 0 Å². The Morgan fingerprint density at radius 3 is 1.36 bits per heavy atom. The average molecular weight is 467 g/mol. The summed E-state index contributed by atoms with van der Waals surface area (Å²) in [6.45, 7) is 2.55. The van der Waals surface area contributed by atoms with Crippen molar-refractivity contribution in [3.63, 3.8) is 0 Å². The molecule has 0 radical (unpaired) electrons. The molecule has 4 aromatic rings. The third-order valence-electron chi connectivity index (χ3n) is 7.03. The van der Waals surface area contributed by atoms with Gasteiger partial charge in [-0.3, -0.25) is 0 Å². The van der Waals surface area contributed by atoms with E-state index in [-0.39, 0.29) is 7.92 Å². The van der Waals surface area contributed by atoms with Gasteiger partial charge in [-0.15, -0.1) is 0 Å². The quantitative estimate of drug-likeness (QED) is 0.263. The van der Waals surface area contributed by atoms with E-state index in [9.17, 15) is 0 Å². The molecule has 33 heavy (non-hydrogen) atoms. The second-order valence-electron chi connectivity index (χ2n) is 8.98. The number of hydrogen-bond acceptors (Lipinski definition) is 0. The van der Waals surface area contributed by atoms with Crippen LogP contribution in [0.3, 0.4) is 0 Å². The second-order valence-corrected chi connectivity index (χ2v) is 14.0.